The number of halogens is 1. The molecule has 1 aromatic heterocycles. The number of rotatable bonds is 5. The van der Waals surface area contributed by atoms with E-state index in [2.05, 4.69) is 16.3 Å². The van der Waals surface area contributed by atoms with Crippen molar-refractivity contribution in [2.45, 2.75) is 25.6 Å². The van der Waals surface area contributed by atoms with Gasteiger partial charge in [0.25, 0.3) is 11.8 Å². The van der Waals surface area contributed by atoms with Crippen LogP contribution in [0.2, 0.25) is 5.02 Å². The number of nitrogens with zero attached hydrogens (tertiary/aromatic N) is 3. The van der Waals surface area contributed by atoms with E-state index in [0.29, 0.717) is 47.8 Å². The fourth-order valence-electron chi connectivity index (χ4n) is 2.60. The SMILES string of the molecule is COC1(c2nnc(COc3c(C)cc(Cl)cc3C#N)o2)CCOC1. The van der Waals surface area contributed by atoms with E-state index < -0.39 is 5.60 Å². The van der Waals surface area contributed by atoms with E-state index in [0.717, 1.165) is 5.56 Å². The highest BCUT2D eigenvalue weighted by Gasteiger charge is 2.42. The normalized spacial score (nSPS) is 20.1. The predicted octanol–water partition coefficient (Wildman–Crippen LogP) is 2.74. The molecule has 0 spiro atoms. The van der Waals surface area contributed by atoms with Crippen molar-refractivity contribution in [2.24, 2.45) is 0 Å². The van der Waals surface area contributed by atoms with Gasteiger partial charge in [0.2, 0.25) is 0 Å². The van der Waals surface area contributed by atoms with Crippen molar-refractivity contribution in [3.05, 3.63) is 40.1 Å². The highest BCUT2D eigenvalue weighted by molar-refractivity contribution is 6.30. The molecule has 1 aliphatic rings. The van der Waals surface area contributed by atoms with E-state index in [1.54, 1.807) is 19.2 Å². The second kappa shape index (κ2) is 6.77. The molecule has 2 aromatic rings. The van der Waals surface area contributed by atoms with Crippen LogP contribution in [-0.4, -0.2) is 30.5 Å². The molecule has 1 unspecified atom stereocenters. The molecule has 24 heavy (non-hydrogen) atoms. The molecule has 0 bridgehead atoms. The van der Waals surface area contributed by atoms with Gasteiger partial charge in [-0.25, -0.2) is 0 Å². The number of aryl methyl sites for hydroxylation is 1. The summed E-state index contributed by atoms with van der Waals surface area (Å²) in [7, 11) is 1.59. The summed E-state index contributed by atoms with van der Waals surface area (Å²) < 4.78 is 22.2. The second-order valence-corrected chi connectivity index (χ2v) is 5.94. The van der Waals surface area contributed by atoms with Crippen molar-refractivity contribution < 1.29 is 18.6 Å². The zero-order chi connectivity index (χ0) is 17.2. The number of aromatic nitrogens is 2. The highest BCUT2D eigenvalue weighted by Crippen LogP contribution is 2.33. The average Bonchev–Trinajstić information content (AvgIpc) is 3.23. The summed E-state index contributed by atoms with van der Waals surface area (Å²) in [6.45, 7) is 2.82. The standard InChI is InChI=1S/C16H16ClN3O4/c1-10-5-12(17)6-11(7-18)14(10)23-8-13-19-20-15(24-13)16(21-2)3-4-22-9-16/h5-6H,3-4,8-9H2,1-2H3. The van der Waals surface area contributed by atoms with E-state index >= 15 is 0 Å². The van der Waals surface area contributed by atoms with Crippen molar-refractivity contribution in [1.82, 2.24) is 10.2 Å². The lowest BCUT2D eigenvalue weighted by molar-refractivity contribution is -0.0420. The first kappa shape index (κ1) is 16.7. The maximum atomic E-state index is 9.21. The van der Waals surface area contributed by atoms with Gasteiger partial charge in [0, 0.05) is 18.6 Å². The smallest absolute Gasteiger partial charge is 0.254 e. The van der Waals surface area contributed by atoms with Crippen LogP contribution in [0.15, 0.2) is 16.5 Å². The van der Waals surface area contributed by atoms with E-state index in [-0.39, 0.29) is 6.61 Å². The van der Waals surface area contributed by atoms with Crippen molar-refractivity contribution in [3.8, 4) is 11.8 Å². The predicted molar refractivity (Wildman–Crippen MR) is 83.7 cm³/mol. The highest BCUT2D eigenvalue weighted by atomic mass is 35.5. The third-order valence-electron chi connectivity index (χ3n) is 3.93. The first-order valence-electron chi connectivity index (χ1n) is 7.37. The Labute approximate surface area is 144 Å². The lowest BCUT2D eigenvalue weighted by atomic mass is 10.0. The molecule has 0 saturated carbocycles. The van der Waals surface area contributed by atoms with Crippen LogP contribution in [0.5, 0.6) is 5.75 Å². The summed E-state index contributed by atoms with van der Waals surface area (Å²) >= 11 is 5.95. The van der Waals surface area contributed by atoms with Gasteiger partial charge in [-0.2, -0.15) is 5.26 Å². The molecule has 8 heteroatoms. The third kappa shape index (κ3) is 3.08. The van der Waals surface area contributed by atoms with E-state index in [9.17, 15) is 5.26 Å². The number of hydrogen-bond donors (Lipinski definition) is 0. The average molecular weight is 350 g/mol. The topological polar surface area (TPSA) is 90.4 Å². The number of benzene rings is 1. The Bertz CT molecular complexity index is 778. The minimum Gasteiger partial charge on any atom is -0.482 e. The summed E-state index contributed by atoms with van der Waals surface area (Å²) in [4.78, 5) is 0. The molecule has 1 atom stereocenters. The van der Waals surface area contributed by atoms with Crippen LogP contribution in [0.25, 0.3) is 0 Å². The first-order valence-corrected chi connectivity index (χ1v) is 7.74. The largest absolute Gasteiger partial charge is 0.482 e. The van der Waals surface area contributed by atoms with Gasteiger partial charge in [-0.05, 0) is 24.6 Å². The Kier molecular flexibility index (Phi) is 4.71. The molecule has 0 N–H and O–H groups in total. The van der Waals surface area contributed by atoms with Crippen LogP contribution in [-0.2, 0) is 21.7 Å². The van der Waals surface area contributed by atoms with E-state index in [1.165, 1.54) is 0 Å². The Hall–Kier alpha value is -2.14. The maximum absolute atomic E-state index is 9.21. The Morgan fingerprint density at radius 2 is 2.25 bits per heavy atom. The lowest BCUT2D eigenvalue weighted by Crippen LogP contribution is -2.29. The Morgan fingerprint density at radius 1 is 1.42 bits per heavy atom. The van der Waals surface area contributed by atoms with Gasteiger partial charge in [-0.15, -0.1) is 10.2 Å². The fourth-order valence-corrected chi connectivity index (χ4v) is 2.87. The van der Waals surface area contributed by atoms with Gasteiger partial charge < -0.3 is 18.6 Å². The van der Waals surface area contributed by atoms with Gasteiger partial charge in [0.1, 0.15) is 11.8 Å². The van der Waals surface area contributed by atoms with Gasteiger partial charge in [0.15, 0.2) is 12.2 Å². The molecule has 0 radical (unpaired) electrons. The van der Waals surface area contributed by atoms with Gasteiger partial charge in [-0.1, -0.05) is 11.6 Å². The fraction of sp³-hybridized carbons (Fsp3) is 0.438. The summed E-state index contributed by atoms with van der Waals surface area (Å²) in [6, 6.07) is 5.35. The van der Waals surface area contributed by atoms with Crippen molar-refractivity contribution in [3.63, 3.8) is 0 Å². The summed E-state index contributed by atoms with van der Waals surface area (Å²) in [6.07, 6.45) is 0.654. The van der Waals surface area contributed by atoms with Crippen LogP contribution in [0, 0.1) is 18.3 Å². The van der Waals surface area contributed by atoms with Crippen LogP contribution in [0.1, 0.15) is 29.3 Å². The van der Waals surface area contributed by atoms with Gasteiger partial charge in [-0.3, -0.25) is 0 Å². The maximum Gasteiger partial charge on any atom is 0.254 e. The molecule has 1 saturated heterocycles. The molecular formula is C16H16ClN3O4. The number of methoxy groups -OCH3 is 1. The Balaban J connectivity index is 1.76. The molecule has 1 aliphatic heterocycles. The second-order valence-electron chi connectivity index (χ2n) is 5.50. The number of nitriles is 1. The molecule has 1 aromatic carbocycles. The van der Waals surface area contributed by atoms with Crippen LogP contribution >= 0.6 is 11.6 Å². The molecule has 7 nitrogen and oxygen atoms in total. The zero-order valence-corrected chi connectivity index (χ0v) is 14.1. The van der Waals surface area contributed by atoms with Crippen molar-refractivity contribution in [2.75, 3.05) is 20.3 Å². The molecule has 3 rings (SSSR count). The van der Waals surface area contributed by atoms with Crippen LogP contribution < -0.4 is 4.74 Å². The quantitative estimate of drug-likeness (QED) is 0.819. The molecule has 0 aliphatic carbocycles. The number of ether oxygens (including phenoxy) is 3. The summed E-state index contributed by atoms with van der Waals surface area (Å²) in [5, 5.41) is 17.7. The van der Waals surface area contributed by atoms with E-state index in [4.69, 9.17) is 30.2 Å². The molecule has 1 fully saturated rings. The minimum atomic E-state index is -0.695. The summed E-state index contributed by atoms with van der Waals surface area (Å²) in [5.41, 5.74) is 0.424. The monoisotopic (exact) mass is 349 g/mol. The van der Waals surface area contributed by atoms with Crippen LogP contribution in [0.4, 0.5) is 0 Å². The van der Waals surface area contributed by atoms with Gasteiger partial charge in [0.05, 0.1) is 18.8 Å². The molecular weight excluding hydrogens is 334 g/mol. The summed E-state index contributed by atoms with van der Waals surface area (Å²) in [5.74, 6) is 1.12. The molecule has 0 amide bonds. The number of hydrogen-bond acceptors (Lipinski definition) is 7. The lowest BCUT2D eigenvalue weighted by Gasteiger charge is -2.20. The van der Waals surface area contributed by atoms with Crippen LogP contribution in [0.3, 0.4) is 0 Å². The third-order valence-corrected chi connectivity index (χ3v) is 4.15. The first-order chi connectivity index (χ1) is 11.6. The van der Waals surface area contributed by atoms with Crippen molar-refractivity contribution in [1.29, 1.82) is 5.26 Å². The minimum absolute atomic E-state index is 0.0464. The van der Waals surface area contributed by atoms with E-state index in [1.807, 2.05) is 6.92 Å². The van der Waals surface area contributed by atoms with Gasteiger partial charge >= 0.3 is 0 Å². The molecule has 2 heterocycles. The zero-order valence-electron chi connectivity index (χ0n) is 13.3. The van der Waals surface area contributed by atoms with Crippen molar-refractivity contribution >= 4 is 11.6 Å². The molecule has 126 valence electrons. The Morgan fingerprint density at radius 3 is 2.92 bits per heavy atom.